The minimum absolute atomic E-state index is 0.0308. The normalized spacial score (nSPS) is 13.6. The third-order valence-electron chi connectivity index (χ3n) is 5.06. The lowest BCUT2D eigenvalue weighted by Gasteiger charge is -2.10. The summed E-state index contributed by atoms with van der Waals surface area (Å²) in [6.45, 7) is 1.91. The zero-order valence-electron chi connectivity index (χ0n) is 16.8. The van der Waals surface area contributed by atoms with Crippen LogP contribution in [0, 0.1) is 6.92 Å². The molecule has 1 amide bonds. The van der Waals surface area contributed by atoms with Crippen molar-refractivity contribution in [1.82, 2.24) is 29.8 Å². The summed E-state index contributed by atoms with van der Waals surface area (Å²) in [6.07, 6.45) is 0.473. The summed E-state index contributed by atoms with van der Waals surface area (Å²) in [4.78, 5) is 30.7. The van der Waals surface area contributed by atoms with Crippen LogP contribution in [0.4, 0.5) is 0 Å². The van der Waals surface area contributed by atoms with Gasteiger partial charge in [-0.15, -0.1) is 21.5 Å². The summed E-state index contributed by atoms with van der Waals surface area (Å²) in [7, 11) is 0. The molecule has 1 atom stereocenters. The number of carbonyl (C=O) groups is 1. The molecule has 1 aromatic carbocycles. The van der Waals surface area contributed by atoms with Gasteiger partial charge in [-0.1, -0.05) is 6.07 Å². The van der Waals surface area contributed by atoms with Gasteiger partial charge in [0.1, 0.15) is 10.9 Å². The summed E-state index contributed by atoms with van der Waals surface area (Å²) in [6, 6.07) is 5.17. The fraction of sp³-hybridized carbons (Fsp3) is 0.263. The number of aryl methyl sites for hydroxylation is 1. The first-order valence-corrected chi connectivity index (χ1v) is 10.3. The van der Waals surface area contributed by atoms with Gasteiger partial charge in [0.2, 0.25) is 6.79 Å². The number of benzene rings is 1. The Balaban J connectivity index is 1.34. The van der Waals surface area contributed by atoms with E-state index in [0.717, 1.165) is 11.3 Å². The highest BCUT2D eigenvalue weighted by Gasteiger charge is 2.20. The number of aliphatic hydroxyl groups excluding tert-OH is 1. The molecule has 164 valence electrons. The van der Waals surface area contributed by atoms with Crippen molar-refractivity contribution < 1.29 is 19.4 Å². The molecule has 0 saturated carbocycles. The predicted octanol–water partition coefficient (Wildman–Crippen LogP) is 0.362. The van der Waals surface area contributed by atoms with E-state index in [4.69, 9.17) is 15.2 Å². The maximum absolute atomic E-state index is 12.9. The molecule has 12 nitrogen and oxygen atoms in total. The van der Waals surface area contributed by atoms with Crippen molar-refractivity contribution in [2.75, 3.05) is 6.79 Å². The van der Waals surface area contributed by atoms with Crippen molar-refractivity contribution in [3.8, 4) is 11.5 Å². The first-order valence-electron chi connectivity index (χ1n) is 9.53. The van der Waals surface area contributed by atoms with Crippen LogP contribution >= 0.6 is 11.3 Å². The maximum Gasteiger partial charge on any atom is 0.262 e. The van der Waals surface area contributed by atoms with E-state index in [1.165, 1.54) is 15.7 Å². The van der Waals surface area contributed by atoms with E-state index in [1.807, 2.05) is 0 Å². The fourth-order valence-corrected chi connectivity index (χ4v) is 4.45. The van der Waals surface area contributed by atoms with Gasteiger partial charge in [-0.2, -0.15) is 4.80 Å². The molecule has 0 fully saturated rings. The second kappa shape index (κ2) is 7.69. The molecule has 3 aromatic heterocycles. The number of amides is 1. The van der Waals surface area contributed by atoms with Crippen LogP contribution in [-0.4, -0.2) is 47.6 Å². The monoisotopic (exact) mass is 455 g/mol. The van der Waals surface area contributed by atoms with Gasteiger partial charge < -0.3 is 20.3 Å². The van der Waals surface area contributed by atoms with Gasteiger partial charge in [-0.25, -0.2) is 4.98 Å². The Kier molecular flexibility index (Phi) is 4.83. The van der Waals surface area contributed by atoms with Crippen molar-refractivity contribution in [3.63, 3.8) is 0 Å². The number of aliphatic hydroxyl groups is 1. The molecule has 32 heavy (non-hydrogen) atoms. The van der Waals surface area contributed by atoms with Crippen LogP contribution in [0.25, 0.3) is 10.2 Å². The van der Waals surface area contributed by atoms with Gasteiger partial charge in [0, 0.05) is 0 Å². The quantitative estimate of drug-likeness (QED) is 0.418. The summed E-state index contributed by atoms with van der Waals surface area (Å²) in [5.41, 5.74) is 6.18. The number of nitrogens with zero attached hydrogens (tertiary/aromatic N) is 6. The van der Waals surface area contributed by atoms with E-state index < -0.39 is 12.0 Å². The van der Waals surface area contributed by atoms with E-state index in [-0.39, 0.29) is 31.3 Å². The Bertz CT molecular complexity index is 1410. The van der Waals surface area contributed by atoms with E-state index in [0.29, 0.717) is 37.7 Å². The number of primary amides is 1. The van der Waals surface area contributed by atoms with Crippen molar-refractivity contribution in [3.05, 3.63) is 56.7 Å². The van der Waals surface area contributed by atoms with Crippen LogP contribution in [0.2, 0.25) is 0 Å². The molecule has 0 aliphatic carbocycles. The average molecular weight is 455 g/mol. The molecule has 4 aromatic rings. The molecule has 4 heterocycles. The van der Waals surface area contributed by atoms with Gasteiger partial charge in [0.25, 0.3) is 11.5 Å². The lowest BCUT2D eigenvalue weighted by atomic mass is 10.1. The minimum Gasteiger partial charge on any atom is -0.454 e. The average Bonchev–Trinajstić information content (AvgIpc) is 3.48. The number of ether oxygens (including phenoxy) is 2. The lowest BCUT2D eigenvalue weighted by Crippen LogP contribution is -2.22. The van der Waals surface area contributed by atoms with Crippen molar-refractivity contribution >= 4 is 27.5 Å². The van der Waals surface area contributed by atoms with Crippen molar-refractivity contribution in [2.45, 2.75) is 26.1 Å². The van der Waals surface area contributed by atoms with Crippen molar-refractivity contribution in [1.29, 1.82) is 0 Å². The second-order valence-corrected chi connectivity index (χ2v) is 8.17. The highest BCUT2D eigenvalue weighted by Crippen LogP contribution is 2.34. The number of hydrogen-bond acceptors (Lipinski definition) is 10. The largest absolute Gasteiger partial charge is 0.454 e. The maximum atomic E-state index is 12.9. The van der Waals surface area contributed by atoms with Gasteiger partial charge >= 0.3 is 0 Å². The topological polar surface area (TPSA) is 160 Å². The van der Waals surface area contributed by atoms with Crippen LogP contribution in [0.15, 0.2) is 29.3 Å². The first-order chi connectivity index (χ1) is 15.4. The Hall–Kier alpha value is -3.84. The minimum atomic E-state index is -0.895. The second-order valence-electron chi connectivity index (χ2n) is 7.17. The molecule has 0 saturated heterocycles. The molecule has 1 aliphatic heterocycles. The van der Waals surface area contributed by atoms with E-state index >= 15 is 0 Å². The fourth-order valence-electron chi connectivity index (χ4n) is 3.46. The molecular formula is C19H17N7O5S. The molecule has 3 N–H and O–H groups in total. The molecule has 0 radical (unpaired) electrons. The number of thiophene rings is 1. The molecule has 0 spiro atoms. The zero-order valence-corrected chi connectivity index (χ0v) is 17.6. The van der Waals surface area contributed by atoms with Crippen LogP contribution < -0.4 is 20.8 Å². The molecule has 13 heteroatoms. The van der Waals surface area contributed by atoms with E-state index in [9.17, 15) is 14.7 Å². The van der Waals surface area contributed by atoms with Gasteiger partial charge in [-0.05, 0) is 35.4 Å². The SMILES string of the molecule is Cc1c(C(N)=O)sc2ncn(Cc3nnn(C[C@H](O)c4ccc5c(c4)OCO5)n3)c(=O)c12. The number of rotatable bonds is 6. The standard InChI is InChI=1S/C19H17N7O5S/c1-9-15-18(32-16(9)17(20)28)21-7-25(19(15)29)6-14-22-24-26(23-14)5-11(27)10-2-3-12-13(4-10)31-8-30-12/h2-4,7,11,27H,5-6,8H2,1H3,(H2,20,28)/t11-/m0/s1. The zero-order chi connectivity index (χ0) is 22.4. The molecule has 0 bridgehead atoms. The summed E-state index contributed by atoms with van der Waals surface area (Å²) >= 11 is 1.09. The molecule has 1 aliphatic rings. The highest BCUT2D eigenvalue weighted by molar-refractivity contribution is 7.20. The third kappa shape index (κ3) is 3.46. The molecular weight excluding hydrogens is 438 g/mol. The van der Waals surface area contributed by atoms with Gasteiger partial charge in [-0.3, -0.25) is 14.2 Å². The smallest absolute Gasteiger partial charge is 0.262 e. The number of carbonyl (C=O) groups excluding carboxylic acids is 1. The van der Waals surface area contributed by atoms with Crippen LogP contribution in [0.1, 0.15) is 32.7 Å². The summed E-state index contributed by atoms with van der Waals surface area (Å²) in [5, 5.41) is 23.0. The van der Waals surface area contributed by atoms with Crippen LogP contribution in [0.5, 0.6) is 11.5 Å². The Morgan fingerprint density at radius 3 is 2.97 bits per heavy atom. The molecule has 5 rings (SSSR count). The number of fused-ring (bicyclic) bond motifs is 2. The summed E-state index contributed by atoms with van der Waals surface area (Å²) < 4.78 is 11.9. The van der Waals surface area contributed by atoms with Crippen LogP contribution in [-0.2, 0) is 13.1 Å². The first kappa shape index (κ1) is 20.1. The van der Waals surface area contributed by atoms with Gasteiger partial charge in [0.15, 0.2) is 17.3 Å². The Morgan fingerprint density at radius 1 is 1.34 bits per heavy atom. The van der Waals surface area contributed by atoms with E-state index in [1.54, 1.807) is 25.1 Å². The number of nitrogens with two attached hydrogens (primary N) is 1. The number of tetrazole rings is 1. The number of aromatic nitrogens is 6. The van der Waals surface area contributed by atoms with Crippen LogP contribution in [0.3, 0.4) is 0 Å². The number of hydrogen-bond donors (Lipinski definition) is 2. The lowest BCUT2D eigenvalue weighted by molar-refractivity contribution is 0.100. The summed E-state index contributed by atoms with van der Waals surface area (Å²) in [5.74, 6) is 0.873. The highest BCUT2D eigenvalue weighted by atomic mass is 32.1. The van der Waals surface area contributed by atoms with Gasteiger partial charge in [0.05, 0.1) is 29.7 Å². The predicted molar refractivity (Wildman–Crippen MR) is 112 cm³/mol. The third-order valence-corrected chi connectivity index (χ3v) is 6.28. The Morgan fingerprint density at radius 2 is 2.16 bits per heavy atom. The molecule has 0 unspecified atom stereocenters. The van der Waals surface area contributed by atoms with E-state index in [2.05, 4.69) is 20.4 Å². The Labute approximate surface area is 183 Å². The van der Waals surface area contributed by atoms with Crippen molar-refractivity contribution in [2.24, 2.45) is 5.73 Å².